The van der Waals surface area contributed by atoms with Crippen molar-refractivity contribution in [1.82, 2.24) is 0 Å². The summed E-state index contributed by atoms with van der Waals surface area (Å²) in [6.45, 7) is 0. The zero-order valence-electron chi connectivity index (χ0n) is 9.92. The van der Waals surface area contributed by atoms with Gasteiger partial charge in [-0.05, 0) is 22.3 Å². The molecular weight excluding hydrogens is 238 g/mol. The number of benzene rings is 2. The van der Waals surface area contributed by atoms with Crippen LogP contribution in [-0.2, 0) is 4.79 Å². The lowest BCUT2D eigenvalue weighted by Crippen LogP contribution is -2.02. The third kappa shape index (κ3) is 1.54. The molecule has 0 bridgehead atoms. The quantitative estimate of drug-likeness (QED) is 0.531. The van der Waals surface area contributed by atoms with Crippen molar-refractivity contribution in [2.45, 2.75) is 0 Å². The van der Waals surface area contributed by atoms with Gasteiger partial charge in [-0.1, -0.05) is 48.5 Å². The van der Waals surface area contributed by atoms with Crippen LogP contribution in [0.1, 0.15) is 11.1 Å². The normalized spacial score (nSPS) is 11.4. The van der Waals surface area contributed by atoms with Gasteiger partial charge in [0.1, 0.15) is 11.6 Å². The first kappa shape index (κ1) is 11.2. The molecule has 0 unspecified atom stereocenters. The maximum Gasteiger partial charge on any atom is 0.347 e. The molecular formula is C16H9NO2. The van der Waals surface area contributed by atoms with Crippen LogP contribution in [0.2, 0.25) is 0 Å². The van der Waals surface area contributed by atoms with E-state index in [4.69, 9.17) is 5.26 Å². The summed E-state index contributed by atoms with van der Waals surface area (Å²) in [5.74, 6) is -1.19. The molecule has 2 aromatic carbocycles. The first-order valence-electron chi connectivity index (χ1n) is 5.81. The maximum atomic E-state index is 11.3. The number of nitrogens with zero attached hydrogens (tertiary/aromatic N) is 1. The first-order chi connectivity index (χ1) is 9.24. The van der Waals surface area contributed by atoms with Crippen LogP contribution in [0.3, 0.4) is 0 Å². The van der Waals surface area contributed by atoms with E-state index in [0.717, 1.165) is 22.3 Å². The van der Waals surface area contributed by atoms with E-state index in [1.165, 1.54) is 0 Å². The fourth-order valence-corrected chi connectivity index (χ4v) is 2.50. The lowest BCUT2D eigenvalue weighted by molar-refractivity contribution is -0.132. The van der Waals surface area contributed by atoms with Crippen LogP contribution in [0.15, 0.2) is 54.1 Å². The molecule has 19 heavy (non-hydrogen) atoms. The molecule has 0 atom stereocenters. The third-order valence-corrected chi connectivity index (χ3v) is 3.26. The van der Waals surface area contributed by atoms with E-state index in [1.54, 1.807) is 6.07 Å². The van der Waals surface area contributed by atoms with Crippen molar-refractivity contribution >= 4 is 11.5 Å². The molecule has 90 valence electrons. The summed E-state index contributed by atoms with van der Waals surface area (Å²) in [6, 6.07) is 16.9. The largest absolute Gasteiger partial charge is 0.477 e. The lowest BCUT2D eigenvalue weighted by Gasteiger charge is -2.03. The van der Waals surface area contributed by atoms with Crippen LogP contribution < -0.4 is 0 Å². The van der Waals surface area contributed by atoms with Gasteiger partial charge < -0.3 is 5.11 Å². The van der Waals surface area contributed by atoms with Gasteiger partial charge in [-0.15, -0.1) is 0 Å². The highest BCUT2D eigenvalue weighted by Crippen LogP contribution is 2.45. The van der Waals surface area contributed by atoms with Gasteiger partial charge in [0.2, 0.25) is 0 Å². The van der Waals surface area contributed by atoms with Gasteiger partial charge in [0, 0.05) is 5.57 Å². The summed E-state index contributed by atoms with van der Waals surface area (Å²) in [4.78, 5) is 11.3. The van der Waals surface area contributed by atoms with Gasteiger partial charge in [0.05, 0.1) is 0 Å². The Morgan fingerprint density at radius 2 is 1.32 bits per heavy atom. The summed E-state index contributed by atoms with van der Waals surface area (Å²) in [7, 11) is 0. The molecule has 0 aliphatic heterocycles. The Morgan fingerprint density at radius 3 is 1.68 bits per heavy atom. The molecule has 3 heteroatoms. The highest BCUT2D eigenvalue weighted by atomic mass is 16.4. The summed E-state index contributed by atoms with van der Waals surface area (Å²) in [5, 5.41) is 18.3. The third-order valence-electron chi connectivity index (χ3n) is 3.26. The van der Waals surface area contributed by atoms with Crippen molar-refractivity contribution in [1.29, 1.82) is 5.26 Å². The zero-order valence-corrected chi connectivity index (χ0v) is 9.92. The van der Waals surface area contributed by atoms with E-state index >= 15 is 0 Å². The van der Waals surface area contributed by atoms with Crippen LogP contribution in [0, 0.1) is 11.3 Å². The Morgan fingerprint density at radius 1 is 0.895 bits per heavy atom. The maximum absolute atomic E-state index is 11.3. The highest BCUT2D eigenvalue weighted by Gasteiger charge is 2.27. The van der Waals surface area contributed by atoms with Crippen molar-refractivity contribution in [3.8, 4) is 17.2 Å². The molecule has 0 saturated carbocycles. The predicted molar refractivity (Wildman–Crippen MR) is 71.1 cm³/mol. The SMILES string of the molecule is N#CC(C(=O)O)=C1c2ccccc2-c2ccccc21. The van der Waals surface area contributed by atoms with Gasteiger partial charge in [0.15, 0.2) is 0 Å². The van der Waals surface area contributed by atoms with Crippen molar-refractivity contribution in [3.05, 3.63) is 65.2 Å². The molecule has 0 heterocycles. The van der Waals surface area contributed by atoms with Crippen LogP contribution in [0.4, 0.5) is 0 Å². The van der Waals surface area contributed by atoms with Gasteiger partial charge in [-0.3, -0.25) is 0 Å². The Balaban J connectivity index is 2.45. The molecule has 3 nitrogen and oxygen atoms in total. The second kappa shape index (κ2) is 4.11. The number of hydrogen-bond acceptors (Lipinski definition) is 2. The predicted octanol–water partition coefficient (Wildman–Crippen LogP) is 3.08. The minimum absolute atomic E-state index is 0.211. The second-order valence-electron chi connectivity index (χ2n) is 4.26. The van der Waals surface area contributed by atoms with Crippen LogP contribution in [0.5, 0.6) is 0 Å². The molecule has 0 amide bonds. The monoisotopic (exact) mass is 247 g/mol. The lowest BCUT2D eigenvalue weighted by atomic mass is 9.99. The number of carboxylic acids is 1. The number of aliphatic carboxylic acids is 1. The van der Waals surface area contributed by atoms with Crippen molar-refractivity contribution < 1.29 is 9.90 Å². The van der Waals surface area contributed by atoms with Crippen molar-refractivity contribution in [2.75, 3.05) is 0 Å². The Labute approximate surface area is 110 Å². The average Bonchev–Trinajstić information content (AvgIpc) is 2.75. The van der Waals surface area contributed by atoms with Gasteiger partial charge in [-0.2, -0.15) is 5.26 Å². The number of carbonyl (C=O) groups is 1. The molecule has 1 N–H and O–H groups in total. The minimum atomic E-state index is -1.19. The van der Waals surface area contributed by atoms with Gasteiger partial charge in [-0.25, -0.2) is 4.79 Å². The van der Waals surface area contributed by atoms with E-state index in [9.17, 15) is 9.90 Å². The Hall–Kier alpha value is -2.86. The molecule has 0 radical (unpaired) electrons. The number of rotatable bonds is 1. The Kier molecular flexibility index (Phi) is 2.43. The first-order valence-corrected chi connectivity index (χ1v) is 5.81. The highest BCUT2D eigenvalue weighted by molar-refractivity contribution is 6.11. The Bertz CT molecular complexity index is 719. The van der Waals surface area contributed by atoms with Crippen LogP contribution >= 0.6 is 0 Å². The van der Waals surface area contributed by atoms with Crippen LogP contribution in [-0.4, -0.2) is 11.1 Å². The summed E-state index contributed by atoms with van der Waals surface area (Å²) in [5.41, 5.74) is 3.87. The second-order valence-corrected chi connectivity index (χ2v) is 4.26. The van der Waals surface area contributed by atoms with E-state index in [-0.39, 0.29) is 5.57 Å². The van der Waals surface area contributed by atoms with Gasteiger partial charge in [0.25, 0.3) is 0 Å². The number of fused-ring (bicyclic) bond motifs is 3. The fraction of sp³-hybridized carbons (Fsp3) is 0. The number of nitriles is 1. The number of hydrogen-bond donors (Lipinski definition) is 1. The fourth-order valence-electron chi connectivity index (χ4n) is 2.50. The molecule has 1 aliphatic carbocycles. The summed E-state index contributed by atoms with van der Waals surface area (Å²) in [6.07, 6.45) is 0. The smallest absolute Gasteiger partial charge is 0.347 e. The molecule has 0 saturated heterocycles. The molecule has 0 spiro atoms. The summed E-state index contributed by atoms with van der Waals surface area (Å²) >= 11 is 0. The number of carboxylic acid groups (broad SMARTS) is 1. The van der Waals surface area contributed by atoms with Crippen molar-refractivity contribution in [2.24, 2.45) is 0 Å². The van der Waals surface area contributed by atoms with E-state index in [0.29, 0.717) is 5.57 Å². The molecule has 2 aromatic rings. The average molecular weight is 247 g/mol. The van der Waals surface area contributed by atoms with Crippen molar-refractivity contribution in [3.63, 3.8) is 0 Å². The summed E-state index contributed by atoms with van der Waals surface area (Å²) < 4.78 is 0. The minimum Gasteiger partial charge on any atom is -0.477 e. The van der Waals surface area contributed by atoms with E-state index in [1.807, 2.05) is 48.5 Å². The molecule has 0 fully saturated rings. The molecule has 1 aliphatic rings. The van der Waals surface area contributed by atoms with Gasteiger partial charge >= 0.3 is 5.97 Å². The van der Waals surface area contributed by atoms with E-state index in [2.05, 4.69) is 0 Å². The standard InChI is InChI=1S/C16H9NO2/c17-9-14(16(18)19)15-12-7-3-1-5-10(12)11-6-2-4-8-13(11)15/h1-8H,(H,18,19). The molecule has 0 aromatic heterocycles. The topological polar surface area (TPSA) is 61.1 Å². The van der Waals surface area contributed by atoms with Crippen LogP contribution in [0.25, 0.3) is 16.7 Å². The van der Waals surface area contributed by atoms with E-state index < -0.39 is 5.97 Å². The molecule has 3 rings (SSSR count). The zero-order chi connectivity index (χ0) is 13.4.